The van der Waals surface area contributed by atoms with E-state index < -0.39 is 0 Å². The Kier molecular flexibility index (Phi) is 9.90. The van der Waals surface area contributed by atoms with Gasteiger partial charge in [0.25, 0.3) is 0 Å². The summed E-state index contributed by atoms with van der Waals surface area (Å²) in [6.45, 7) is 8.02. The quantitative estimate of drug-likeness (QED) is 0.838. The average molecular weight is 400 g/mol. The molecule has 0 amide bonds. The lowest BCUT2D eigenvalue weighted by atomic mass is 10.1. The number of nitrogens with zero attached hydrogens (tertiary/aromatic N) is 1. The Balaban J connectivity index is 0.00000200. The zero-order chi connectivity index (χ0) is 13.8. The zero-order valence-corrected chi connectivity index (χ0v) is 15.8. The van der Waals surface area contributed by atoms with Gasteiger partial charge in [0.2, 0.25) is 0 Å². The maximum absolute atomic E-state index is 5.98. The topological polar surface area (TPSA) is 38.5 Å². The van der Waals surface area contributed by atoms with Crippen LogP contribution in [0, 0.1) is 13.8 Å². The van der Waals surface area contributed by atoms with Crippen LogP contribution in [-0.2, 0) is 0 Å². The first kappa shape index (κ1) is 21.0. The fourth-order valence-electron chi connectivity index (χ4n) is 2.58. The van der Waals surface area contributed by atoms with Gasteiger partial charge in [-0.2, -0.15) is 0 Å². The molecular formula is C15H25BrCl2N2O. The van der Waals surface area contributed by atoms with Gasteiger partial charge in [-0.1, -0.05) is 15.9 Å². The predicted octanol–water partition coefficient (Wildman–Crippen LogP) is 3.71. The van der Waals surface area contributed by atoms with Crippen LogP contribution in [0.4, 0.5) is 0 Å². The molecule has 1 aliphatic heterocycles. The summed E-state index contributed by atoms with van der Waals surface area (Å²) in [6.07, 6.45) is 2.36. The minimum atomic E-state index is 0. The maximum Gasteiger partial charge on any atom is 0.119 e. The van der Waals surface area contributed by atoms with E-state index in [-0.39, 0.29) is 24.8 Å². The van der Waals surface area contributed by atoms with E-state index in [1.807, 2.05) is 0 Å². The molecule has 1 atom stereocenters. The number of aryl methyl sites for hydroxylation is 2. The largest absolute Gasteiger partial charge is 0.492 e. The van der Waals surface area contributed by atoms with Crippen molar-refractivity contribution < 1.29 is 4.74 Å². The molecule has 0 bridgehead atoms. The molecule has 0 unspecified atom stereocenters. The Labute approximate surface area is 148 Å². The third-order valence-electron chi connectivity index (χ3n) is 3.63. The molecule has 2 rings (SSSR count). The molecule has 1 aromatic carbocycles. The standard InChI is InChI=1S/C15H23BrN2O.2ClH/c1-11-8-14(9-12(2)15(11)16)19-7-6-18-5-3-4-13(17)10-18;;/h8-9,13H,3-7,10,17H2,1-2H3;2*1H/t13-;;/m1../s1. The zero-order valence-electron chi connectivity index (χ0n) is 12.6. The molecule has 1 saturated heterocycles. The van der Waals surface area contributed by atoms with Crippen molar-refractivity contribution in [3.8, 4) is 5.75 Å². The number of hydrogen-bond acceptors (Lipinski definition) is 3. The van der Waals surface area contributed by atoms with Gasteiger partial charge >= 0.3 is 0 Å². The van der Waals surface area contributed by atoms with Crippen molar-refractivity contribution in [3.05, 3.63) is 27.7 Å². The van der Waals surface area contributed by atoms with Gasteiger partial charge in [0.05, 0.1) is 0 Å². The first-order valence-corrected chi connectivity index (χ1v) is 7.73. The van der Waals surface area contributed by atoms with E-state index in [1.165, 1.54) is 22.0 Å². The normalized spacial score (nSPS) is 18.6. The highest BCUT2D eigenvalue weighted by molar-refractivity contribution is 9.10. The van der Waals surface area contributed by atoms with E-state index in [9.17, 15) is 0 Å². The van der Waals surface area contributed by atoms with E-state index in [4.69, 9.17) is 10.5 Å². The van der Waals surface area contributed by atoms with Gasteiger partial charge in [-0.25, -0.2) is 0 Å². The van der Waals surface area contributed by atoms with Gasteiger partial charge in [0.15, 0.2) is 0 Å². The molecule has 6 heteroatoms. The van der Waals surface area contributed by atoms with Crippen molar-refractivity contribution >= 4 is 40.7 Å². The van der Waals surface area contributed by atoms with Crippen molar-refractivity contribution in [1.29, 1.82) is 0 Å². The third kappa shape index (κ3) is 6.33. The van der Waals surface area contributed by atoms with E-state index >= 15 is 0 Å². The molecule has 1 aliphatic rings. The number of nitrogens with two attached hydrogens (primary N) is 1. The number of piperidine rings is 1. The molecule has 1 heterocycles. The summed E-state index contributed by atoms with van der Waals surface area (Å²) in [5, 5.41) is 0. The van der Waals surface area contributed by atoms with Crippen LogP contribution in [0.1, 0.15) is 24.0 Å². The number of benzene rings is 1. The Morgan fingerprint density at radius 1 is 1.29 bits per heavy atom. The van der Waals surface area contributed by atoms with Crippen molar-refractivity contribution in [3.63, 3.8) is 0 Å². The summed E-state index contributed by atoms with van der Waals surface area (Å²) < 4.78 is 7.03. The summed E-state index contributed by atoms with van der Waals surface area (Å²) in [5.74, 6) is 0.958. The lowest BCUT2D eigenvalue weighted by Crippen LogP contribution is -2.44. The molecule has 21 heavy (non-hydrogen) atoms. The van der Waals surface area contributed by atoms with Gasteiger partial charge in [-0.15, -0.1) is 24.8 Å². The van der Waals surface area contributed by atoms with Crippen molar-refractivity contribution in [1.82, 2.24) is 4.90 Å². The number of halogens is 3. The van der Waals surface area contributed by atoms with E-state index in [1.54, 1.807) is 0 Å². The van der Waals surface area contributed by atoms with Crippen LogP contribution < -0.4 is 10.5 Å². The molecule has 0 aliphatic carbocycles. The van der Waals surface area contributed by atoms with E-state index in [2.05, 4.69) is 46.8 Å². The second-order valence-electron chi connectivity index (χ2n) is 5.42. The molecular weight excluding hydrogens is 375 g/mol. The SMILES string of the molecule is Cc1cc(OCCN2CCC[C@@H](N)C2)cc(C)c1Br.Cl.Cl. The molecule has 1 fully saturated rings. The number of likely N-dealkylation sites (tertiary alicyclic amines) is 1. The number of rotatable bonds is 4. The summed E-state index contributed by atoms with van der Waals surface area (Å²) in [5.41, 5.74) is 8.41. The van der Waals surface area contributed by atoms with Crippen LogP contribution in [0.25, 0.3) is 0 Å². The Hall–Kier alpha value is -0.000000000000000111. The predicted molar refractivity (Wildman–Crippen MR) is 97.3 cm³/mol. The Morgan fingerprint density at radius 3 is 2.48 bits per heavy atom. The Bertz CT molecular complexity index is 423. The molecule has 0 saturated carbocycles. The van der Waals surface area contributed by atoms with E-state index in [0.29, 0.717) is 6.04 Å². The smallest absolute Gasteiger partial charge is 0.119 e. The fraction of sp³-hybridized carbons (Fsp3) is 0.600. The van der Waals surface area contributed by atoms with Crippen molar-refractivity contribution in [2.75, 3.05) is 26.2 Å². The molecule has 0 aromatic heterocycles. The first-order valence-electron chi connectivity index (χ1n) is 6.93. The fourth-order valence-corrected chi connectivity index (χ4v) is 2.81. The number of ether oxygens (including phenoxy) is 1. The van der Waals surface area contributed by atoms with E-state index in [0.717, 1.165) is 38.4 Å². The van der Waals surface area contributed by atoms with Gasteiger partial charge in [0.1, 0.15) is 12.4 Å². The van der Waals surface area contributed by atoms with Crippen LogP contribution >= 0.6 is 40.7 Å². The average Bonchev–Trinajstić information content (AvgIpc) is 2.36. The minimum Gasteiger partial charge on any atom is -0.492 e. The molecule has 0 spiro atoms. The maximum atomic E-state index is 5.98. The first-order chi connectivity index (χ1) is 9.06. The highest BCUT2D eigenvalue weighted by atomic mass is 79.9. The van der Waals surface area contributed by atoms with Crippen LogP contribution in [0.15, 0.2) is 16.6 Å². The second kappa shape index (κ2) is 9.90. The van der Waals surface area contributed by atoms with Crippen LogP contribution in [0.5, 0.6) is 5.75 Å². The van der Waals surface area contributed by atoms with Crippen LogP contribution in [0.2, 0.25) is 0 Å². The van der Waals surface area contributed by atoms with Crippen LogP contribution in [-0.4, -0.2) is 37.2 Å². The Morgan fingerprint density at radius 2 is 1.90 bits per heavy atom. The highest BCUT2D eigenvalue weighted by Gasteiger charge is 2.16. The highest BCUT2D eigenvalue weighted by Crippen LogP contribution is 2.26. The van der Waals surface area contributed by atoms with Gasteiger partial charge in [0, 0.05) is 23.6 Å². The summed E-state index contributed by atoms with van der Waals surface area (Å²) in [4.78, 5) is 2.40. The third-order valence-corrected chi connectivity index (χ3v) is 4.88. The van der Waals surface area contributed by atoms with Crippen LogP contribution in [0.3, 0.4) is 0 Å². The molecule has 122 valence electrons. The van der Waals surface area contributed by atoms with Gasteiger partial charge in [-0.05, 0) is 56.5 Å². The van der Waals surface area contributed by atoms with Gasteiger partial charge in [-0.3, -0.25) is 4.90 Å². The lowest BCUT2D eigenvalue weighted by molar-refractivity contribution is 0.171. The molecule has 1 aromatic rings. The van der Waals surface area contributed by atoms with Crippen molar-refractivity contribution in [2.45, 2.75) is 32.7 Å². The summed E-state index contributed by atoms with van der Waals surface area (Å²) in [7, 11) is 0. The molecule has 3 nitrogen and oxygen atoms in total. The minimum absolute atomic E-state index is 0. The van der Waals surface area contributed by atoms with Crippen molar-refractivity contribution in [2.24, 2.45) is 5.73 Å². The summed E-state index contributed by atoms with van der Waals surface area (Å²) in [6, 6.07) is 4.50. The second-order valence-corrected chi connectivity index (χ2v) is 6.22. The lowest BCUT2D eigenvalue weighted by Gasteiger charge is -2.30. The number of hydrogen-bond donors (Lipinski definition) is 1. The molecule has 2 N–H and O–H groups in total. The van der Waals surface area contributed by atoms with Gasteiger partial charge < -0.3 is 10.5 Å². The molecule has 0 radical (unpaired) electrons. The summed E-state index contributed by atoms with van der Waals surface area (Å²) >= 11 is 3.57. The monoisotopic (exact) mass is 398 g/mol.